The van der Waals surface area contributed by atoms with Crippen LogP contribution >= 0.6 is 0 Å². The molecule has 2 aliphatic rings. The highest BCUT2D eigenvalue weighted by Gasteiger charge is 2.50. The predicted molar refractivity (Wildman–Crippen MR) is 148 cm³/mol. The van der Waals surface area contributed by atoms with Crippen LogP contribution in [0, 0.1) is 0 Å². The Bertz CT molecular complexity index is 1210. The number of hydrogen-bond acceptors (Lipinski definition) is 5. The minimum Gasteiger partial charge on any atom is -0.500 e. The number of aliphatic hydroxyl groups is 1. The van der Waals surface area contributed by atoms with Crippen LogP contribution < -0.4 is 4.74 Å². The number of ether oxygens (including phenoxy) is 3. The Morgan fingerprint density at radius 3 is 2.49 bits per heavy atom. The van der Waals surface area contributed by atoms with Crippen LogP contribution in [0.25, 0.3) is 10.8 Å². The molecule has 3 unspecified atom stereocenters. The van der Waals surface area contributed by atoms with E-state index in [1.165, 1.54) is 19.3 Å². The lowest BCUT2D eigenvalue weighted by Crippen LogP contribution is -2.45. The van der Waals surface area contributed by atoms with E-state index in [9.17, 15) is 5.11 Å². The van der Waals surface area contributed by atoms with Crippen molar-refractivity contribution in [3.8, 4) is 5.75 Å². The minimum atomic E-state index is -0.755. The Kier molecular flexibility index (Phi) is 8.14. The number of piperidine rings is 1. The summed E-state index contributed by atoms with van der Waals surface area (Å²) in [6.07, 6.45) is 6.62. The molecule has 1 aliphatic heterocycles. The van der Waals surface area contributed by atoms with Gasteiger partial charge in [0, 0.05) is 12.5 Å². The molecule has 3 aromatic carbocycles. The molecule has 5 nitrogen and oxygen atoms in total. The zero-order valence-electron chi connectivity index (χ0n) is 22.1. The third-order valence-electron chi connectivity index (χ3n) is 8.26. The largest absolute Gasteiger partial charge is 0.500 e. The molecule has 0 bridgehead atoms. The van der Waals surface area contributed by atoms with E-state index in [0.29, 0.717) is 6.61 Å². The molecule has 1 saturated heterocycles. The highest BCUT2D eigenvalue weighted by molar-refractivity contribution is 5.87. The van der Waals surface area contributed by atoms with Crippen molar-refractivity contribution in [1.29, 1.82) is 0 Å². The second kappa shape index (κ2) is 11.7. The molecule has 5 rings (SSSR count). The smallest absolute Gasteiger partial charge is 0.119 e. The topological polar surface area (TPSA) is 51.2 Å². The van der Waals surface area contributed by atoms with Crippen molar-refractivity contribution in [2.45, 2.75) is 43.1 Å². The maximum atomic E-state index is 11.2. The predicted octanol–water partition coefficient (Wildman–Crippen LogP) is 5.67. The first-order valence-electron chi connectivity index (χ1n) is 13.5. The second-order valence-corrected chi connectivity index (χ2v) is 10.3. The van der Waals surface area contributed by atoms with E-state index >= 15 is 0 Å². The van der Waals surface area contributed by atoms with Gasteiger partial charge in [0.05, 0.1) is 39.0 Å². The van der Waals surface area contributed by atoms with Crippen LogP contribution in [0.1, 0.15) is 42.7 Å². The summed E-state index contributed by atoms with van der Waals surface area (Å²) in [5, 5.41) is 13.5. The van der Waals surface area contributed by atoms with Gasteiger partial charge in [-0.15, -0.1) is 0 Å². The number of nitrogens with zero attached hydrogens (tertiary/aromatic N) is 1. The summed E-state index contributed by atoms with van der Waals surface area (Å²) >= 11 is 0. The normalized spacial score (nSPS) is 24.6. The van der Waals surface area contributed by atoms with Crippen molar-refractivity contribution in [1.82, 2.24) is 4.90 Å². The standard InChI is InChI=1S/C32H39NO4/c1-35-26-13-8-12-25(20-26)30-21-27(37-19-18-33-16-6-3-7-17-33)22-31(36-2)32(30,23-34)29-15-9-11-24-10-4-5-14-28(24)29/h4-5,8-15,20,22,27,30,34H,3,6-7,16-19,21,23H2,1-2H3. The molecule has 0 spiro atoms. The van der Waals surface area contributed by atoms with Crippen LogP contribution in [-0.2, 0) is 14.9 Å². The Hall–Kier alpha value is -2.86. The van der Waals surface area contributed by atoms with E-state index in [1.807, 2.05) is 12.1 Å². The lowest BCUT2D eigenvalue weighted by Gasteiger charge is -2.46. The summed E-state index contributed by atoms with van der Waals surface area (Å²) in [4.78, 5) is 2.50. The van der Waals surface area contributed by atoms with Gasteiger partial charge < -0.3 is 24.2 Å². The fourth-order valence-corrected chi connectivity index (χ4v) is 6.36. The molecule has 1 fully saturated rings. The molecular formula is C32H39NO4. The number of aliphatic hydroxyl groups excluding tert-OH is 1. The summed E-state index contributed by atoms with van der Waals surface area (Å²) in [5.74, 6) is 1.49. The number of fused-ring (bicyclic) bond motifs is 1. The van der Waals surface area contributed by atoms with Crippen LogP contribution in [0.5, 0.6) is 5.75 Å². The van der Waals surface area contributed by atoms with Crippen molar-refractivity contribution in [3.63, 3.8) is 0 Å². The van der Waals surface area contributed by atoms with Gasteiger partial charge in [-0.3, -0.25) is 0 Å². The van der Waals surface area contributed by atoms with Crippen molar-refractivity contribution in [3.05, 3.63) is 89.7 Å². The molecule has 0 aromatic heterocycles. The van der Waals surface area contributed by atoms with E-state index in [4.69, 9.17) is 14.2 Å². The molecule has 37 heavy (non-hydrogen) atoms. The third kappa shape index (κ3) is 5.13. The zero-order chi connectivity index (χ0) is 25.7. The van der Waals surface area contributed by atoms with E-state index in [-0.39, 0.29) is 18.6 Å². The lowest BCUT2D eigenvalue weighted by molar-refractivity contribution is 0.0218. The first-order chi connectivity index (χ1) is 18.2. The molecule has 1 heterocycles. The average Bonchev–Trinajstić information content (AvgIpc) is 2.97. The molecule has 1 aliphatic carbocycles. The van der Waals surface area contributed by atoms with Crippen LogP contribution in [-0.4, -0.2) is 63.2 Å². The molecule has 3 atom stereocenters. The SMILES string of the molecule is COC1=CC(OCCN2CCCCC2)CC(c2cccc(OC)c2)C1(CO)c1cccc2ccccc12. The van der Waals surface area contributed by atoms with E-state index in [1.54, 1.807) is 14.2 Å². The van der Waals surface area contributed by atoms with Crippen LogP contribution in [0.3, 0.4) is 0 Å². The van der Waals surface area contributed by atoms with Gasteiger partial charge in [-0.05, 0) is 72.5 Å². The minimum absolute atomic E-state index is 0.0710. The molecule has 196 valence electrons. The molecular weight excluding hydrogens is 462 g/mol. The zero-order valence-corrected chi connectivity index (χ0v) is 22.1. The van der Waals surface area contributed by atoms with Gasteiger partial charge in [0.25, 0.3) is 0 Å². The summed E-state index contributed by atoms with van der Waals surface area (Å²) in [6.45, 7) is 3.88. The van der Waals surface area contributed by atoms with Gasteiger partial charge in [0.2, 0.25) is 0 Å². The van der Waals surface area contributed by atoms with E-state index in [0.717, 1.165) is 59.5 Å². The van der Waals surface area contributed by atoms with Crippen LogP contribution in [0.4, 0.5) is 0 Å². The molecule has 0 saturated carbocycles. The monoisotopic (exact) mass is 501 g/mol. The molecule has 0 amide bonds. The van der Waals surface area contributed by atoms with Crippen molar-refractivity contribution < 1.29 is 19.3 Å². The van der Waals surface area contributed by atoms with Gasteiger partial charge in [0.1, 0.15) is 11.5 Å². The molecule has 3 aromatic rings. The number of benzene rings is 3. The van der Waals surface area contributed by atoms with Crippen molar-refractivity contribution in [2.75, 3.05) is 47.1 Å². The number of methoxy groups -OCH3 is 2. The average molecular weight is 502 g/mol. The van der Waals surface area contributed by atoms with E-state index < -0.39 is 5.41 Å². The summed E-state index contributed by atoms with van der Waals surface area (Å²) in [6, 6.07) is 22.9. The van der Waals surface area contributed by atoms with Crippen LogP contribution in [0.15, 0.2) is 78.6 Å². The first-order valence-corrected chi connectivity index (χ1v) is 13.5. The summed E-state index contributed by atoms with van der Waals surface area (Å²) < 4.78 is 18.2. The Labute approximate surface area is 220 Å². The van der Waals surface area contributed by atoms with Gasteiger partial charge in [-0.25, -0.2) is 0 Å². The first kappa shape index (κ1) is 25.8. The quantitative estimate of drug-likeness (QED) is 0.410. The summed E-state index contributed by atoms with van der Waals surface area (Å²) in [7, 11) is 3.40. The lowest BCUT2D eigenvalue weighted by atomic mass is 9.61. The van der Waals surface area contributed by atoms with Gasteiger partial charge in [-0.2, -0.15) is 0 Å². The Morgan fingerprint density at radius 2 is 1.70 bits per heavy atom. The van der Waals surface area contributed by atoms with Crippen molar-refractivity contribution in [2.24, 2.45) is 0 Å². The van der Waals surface area contributed by atoms with Crippen molar-refractivity contribution >= 4 is 10.8 Å². The summed E-state index contributed by atoms with van der Waals surface area (Å²) in [5.41, 5.74) is 1.42. The maximum absolute atomic E-state index is 11.2. The number of likely N-dealkylation sites (tertiary alicyclic amines) is 1. The molecule has 0 radical (unpaired) electrons. The van der Waals surface area contributed by atoms with Gasteiger partial charge >= 0.3 is 0 Å². The highest BCUT2D eigenvalue weighted by Crippen LogP contribution is 2.52. The van der Waals surface area contributed by atoms with E-state index in [2.05, 4.69) is 65.6 Å². The highest BCUT2D eigenvalue weighted by atomic mass is 16.5. The van der Waals surface area contributed by atoms with Crippen LogP contribution in [0.2, 0.25) is 0 Å². The van der Waals surface area contributed by atoms with Gasteiger partial charge in [0.15, 0.2) is 0 Å². The Balaban J connectivity index is 1.56. The fraction of sp³-hybridized carbons (Fsp3) is 0.438. The maximum Gasteiger partial charge on any atom is 0.119 e. The molecule has 5 heteroatoms. The number of hydrogen-bond donors (Lipinski definition) is 1. The fourth-order valence-electron chi connectivity index (χ4n) is 6.36. The Morgan fingerprint density at radius 1 is 0.919 bits per heavy atom. The van der Waals surface area contributed by atoms with Gasteiger partial charge in [-0.1, -0.05) is 61.0 Å². The second-order valence-electron chi connectivity index (χ2n) is 10.3. The third-order valence-corrected chi connectivity index (χ3v) is 8.26. The number of rotatable bonds is 9. The molecule has 1 N–H and O–H groups in total.